The van der Waals surface area contributed by atoms with E-state index in [-0.39, 0.29) is 17.9 Å². The average Bonchev–Trinajstić information content (AvgIpc) is 3.43. The van der Waals surface area contributed by atoms with Gasteiger partial charge in [-0.2, -0.15) is 5.10 Å². The Balaban J connectivity index is 1.21. The highest BCUT2D eigenvalue weighted by atomic mass is 19.1. The molecule has 2 saturated heterocycles. The molecule has 2 aromatic heterocycles. The second-order valence-electron chi connectivity index (χ2n) is 9.71. The van der Waals surface area contributed by atoms with Crippen molar-refractivity contribution in [1.29, 1.82) is 0 Å². The zero-order valence-electron chi connectivity index (χ0n) is 20.6. The van der Waals surface area contributed by atoms with E-state index in [0.717, 1.165) is 70.6 Å². The van der Waals surface area contributed by atoms with E-state index in [2.05, 4.69) is 20.2 Å². The number of nitrogens with one attached hydrogen (secondary N) is 1. The topological polar surface area (TPSA) is 93.5 Å². The van der Waals surface area contributed by atoms with Crippen LogP contribution in [0.25, 0.3) is 5.65 Å². The molecule has 6 rings (SSSR count). The number of halogens is 1. The third-order valence-electron chi connectivity index (χ3n) is 7.07. The molecule has 11 heteroatoms. The van der Waals surface area contributed by atoms with Crippen molar-refractivity contribution in [2.75, 3.05) is 50.9 Å². The molecule has 3 fully saturated rings. The van der Waals surface area contributed by atoms with Crippen LogP contribution in [0.5, 0.6) is 11.5 Å². The summed E-state index contributed by atoms with van der Waals surface area (Å²) in [5, 5.41) is 7.07. The third-order valence-corrected chi connectivity index (χ3v) is 7.07. The quantitative estimate of drug-likeness (QED) is 0.494. The number of carbonyl (C=O) groups is 1. The van der Waals surface area contributed by atoms with Crippen molar-refractivity contribution >= 4 is 17.6 Å². The average molecular weight is 511 g/mol. The fourth-order valence-corrected chi connectivity index (χ4v) is 4.98. The summed E-state index contributed by atoms with van der Waals surface area (Å²) in [5.41, 5.74) is 1.27. The van der Waals surface area contributed by atoms with Crippen LogP contribution in [-0.4, -0.2) is 77.6 Å². The molecule has 1 atom stereocenters. The Morgan fingerprint density at radius 2 is 2.00 bits per heavy atom. The van der Waals surface area contributed by atoms with E-state index in [0.29, 0.717) is 29.6 Å². The van der Waals surface area contributed by atoms with E-state index in [1.54, 1.807) is 22.8 Å². The van der Waals surface area contributed by atoms with Gasteiger partial charge in [-0.15, -0.1) is 0 Å². The number of aromatic nitrogens is 3. The van der Waals surface area contributed by atoms with E-state index in [9.17, 15) is 9.18 Å². The first-order valence-corrected chi connectivity index (χ1v) is 13.0. The first kappa shape index (κ1) is 23.9. The fourth-order valence-electron chi connectivity index (χ4n) is 4.98. The van der Waals surface area contributed by atoms with Gasteiger partial charge >= 0.3 is 6.09 Å². The lowest BCUT2D eigenvalue weighted by Gasteiger charge is -2.29. The highest BCUT2D eigenvalue weighted by Gasteiger charge is 2.31. The predicted octanol–water partition coefficient (Wildman–Crippen LogP) is 3.17. The molecule has 0 unspecified atom stereocenters. The second-order valence-corrected chi connectivity index (χ2v) is 9.71. The molecule has 1 amide bonds. The predicted molar refractivity (Wildman–Crippen MR) is 134 cm³/mol. The number of hydrogen-bond donors (Lipinski definition) is 1. The molecule has 10 nitrogen and oxygen atoms in total. The lowest BCUT2D eigenvalue weighted by Crippen LogP contribution is -2.38. The number of morpholine rings is 1. The molecular formula is C26H31FN6O4. The van der Waals surface area contributed by atoms with Crippen molar-refractivity contribution in [3.8, 4) is 11.5 Å². The van der Waals surface area contributed by atoms with Crippen LogP contribution in [0.2, 0.25) is 0 Å². The van der Waals surface area contributed by atoms with Gasteiger partial charge in [0.2, 0.25) is 5.65 Å². The Hall–Kier alpha value is -3.44. The lowest BCUT2D eigenvalue weighted by atomic mass is 10.0. The number of nitrogens with zero attached hydrogens (tertiary/aromatic N) is 5. The van der Waals surface area contributed by atoms with Gasteiger partial charge in [0.1, 0.15) is 24.0 Å². The highest BCUT2D eigenvalue weighted by Crippen LogP contribution is 2.40. The minimum atomic E-state index is -0.498. The van der Waals surface area contributed by atoms with Gasteiger partial charge in [-0.25, -0.2) is 18.7 Å². The number of ether oxygens (including phenoxy) is 3. The Morgan fingerprint density at radius 3 is 2.84 bits per heavy atom. The molecule has 1 saturated carbocycles. The number of fused-ring (bicyclic) bond motifs is 1. The van der Waals surface area contributed by atoms with Crippen LogP contribution >= 0.6 is 0 Å². The van der Waals surface area contributed by atoms with Gasteiger partial charge < -0.3 is 24.4 Å². The summed E-state index contributed by atoms with van der Waals surface area (Å²) in [5.74, 6) is 1.41. The zero-order valence-corrected chi connectivity index (χ0v) is 20.6. The van der Waals surface area contributed by atoms with Crippen LogP contribution in [0.15, 0.2) is 36.7 Å². The summed E-state index contributed by atoms with van der Waals surface area (Å²) in [6.07, 6.45) is 6.53. The Bertz CT molecular complexity index is 1260. The highest BCUT2D eigenvalue weighted by molar-refractivity contribution is 5.74. The molecule has 196 valence electrons. The van der Waals surface area contributed by atoms with Crippen molar-refractivity contribution in [3.63, 3.8) is 0 Å². The van der Waals surface area contributed by atoms with Crippen LogP contribution < -0.4 is 19.7 Å². The van der Waals surface area contributed by atoms with Crippen molar-refractivity contribution in [2.24, 2.45) is 0 Å². The SMILES string of the molecule is O=C(NC1CC1)Oc1cnn2ccc(N3CCC[C@@H]3c3cc(F)ccc3OCCN3CCOCC3)nc12. The smallest absolute Gasteiger partial charge is 0.413 e. The molecular weight excluding hydrogens is 479 g/mol. The minimum Gasteiger partial charge on any atom is -0.492 e. The maximum absolute atomic E-state index is 14.4. The van der Waals surface area contributed by atoms with E-state index in [1.807, 2.05) is 6.07 Å². The van der Waals surface area contributed by atoms with Crippen LogP contribution in [0, 0.1) is 5.82 Å². The molecule has 37 heavy (non-hydrogen) atoms. The first-order chi connectivity index (χ1) is 18.1. The minimum absolute atomic E-state index is 0.0884. The molecule has 1 aromatic carbocycles. The normalized spacial score (nSPS) is 20.4. The largest absolute Gasteiger partial charge is 0.492 e. The molecule has 4 heterocycles. The number of rotatable bonds is 8. The molecule has 3 aromatic rings. The van der Waals surface area contributed by atoms with Crippen molar-refractivity contribution < 1.29 is 23.4 Å². The summed E-state index contributed by atoms with van der Waals surface area (Å²) in [4.78, 5) is 21.4. The van der Waals surface area contributed by atoms with E-state index in [4.69, 9.17) is 19.2 Å². The van der Waals surface area contributed by atoms with Gasteiger partial charge in [0.15, 0.2) is 5.75 Å². The van der Waals surface area contributed by atoms with Crippen LogP contribution in [0.4, 0.5) is 15.0 Å². The van der Waals surface area contributed by atoms with Gasteiger partial charge in [-0.05, 0) is 49.9 Å². The number of benzene rings is 1. The summed E-state index contributed by atoms with van der Waals surface area (Å²) >= 11 is 0. The standard InChI is InChI=1S/C26H31FN6O4/c27-18-3-6-22(36-15-12-31-10-13-35-14-11-31)20(16-18)21-2-1-8-32(21)24-7-9-33-25(30-24)23(17-28-33)37-26(34)29-19-4-5-19/h3,6-7,9,16-17,19,21H,1-2,4-5,8,10-15H2,(H,29,34)/t21-/m1/s1. The van der Waals surface area contributed by atoms with E-state index >= 15 is 0 Å². The summed E-state index contributed by atoms with van der Waals surface area (Å²) in [6, 6.07) is 6.72. The monoisotopic (exact) mass is 510 g/mol. The van der Waals surface area contributed by atoms with Crippen LogP contribution in [0.3, 0.4) is 0 Å². The molecule has 0 radical (unpaired) electrons. The summed E-state index contributed by atoms with van der Waals surface area (Å²) in [7, 11) is 0. The Kier molecular flexibility index (Phi) is 6.79. The lowest BCUT2D eigenvalue weighted by molar-refractivity contribution is 0.0322. The number of carbonyl (C=O) groups excluding carboxylic acids is 1. The van der Waals surface area contributed by atoms with Crippen LogP contribution in [0.1, 0.15) is 37.3 Å². The third kappa shape index (κ3) is 5.47. The molecule has 2 aliphatic heterocycles. The summed E-state index contributed by atoms with van der Waals surface area (Å²) in [6.45, 7) is 5.36. The molecule has 1 aliphatic carbocycles. The number of amides is 1. The Labute approximate surface area is 214 Å². The van der Waals surface area contributed by atoms with Crippen LogP contribution in [-0.2, 0) is 4.74 Å². The van der Waals surface area contributed by atoms with Gasteiger partial charge in [0.05, 0.1) is 25.5 Å². The number of hydrogen-bond acceptors (Lipinski definition) is 8. The van der Waals surface area contributed by atoms with Crippen molar-refractivity contribution in [3.05, 3.63) is 48.0 Å². The van der Waals surface area contributed by atoms with Gasteiger partial charge in [0.25, 0.3) is 0 Å². The van der Waals surface area contributed by atoms with Gasteiger partial charge in [-0.3, -0.25) is 4.90 Å². The maximum atomic E-state index is 14.4. The fraction of sp³-hybridized carbons (Fsp3) is 0.500. The van der Waals surface area contributed by atoms with Crippen molar-refractivity contribution in [2.45, 2.75) is 37.8 Å². The van der Waals surface area contributed by atoms with Crippen molar-refractivity contribution in [1.82, 2.24) is 24.8 Å². The maximum Gasteiger partial charge on any atom is 0.413 e. The molecule has 3 aliphatic rings. The summed E-state index contributed by atoms with van der Waals surface area (Å²) < 4.78 is 33.1. The van der Waals surface area contributed by atoms with Gasteiger partial charge in [0, 0.05) is 44.0 Å². The molecule has 0 bridgehead atoms. The Morgan fingerprint density at radius 1 is 1.14 bits per heavy atom. The second kappa shape index (κ2) is 10.5. The number of anilines is 1. The molecule has 1 N–H and O–H groups in total. The van der Waals surface area contributed by atoms with E-state index in [1.165, 1.54) is 12.3 Å². The van der Waals surface area contributed by atoms with Gasteiger partial charge in [-0.1, -0.05) is 0 Å². The van der Waals surface area contributed by atoms with E-state index < -0.39 is 6.09 Å². The first-order valence-electron chi connectivity index (χ1n) is 13.0. The molecule has 0 spiro atoms. The zero-order chi connectivity index (χ0) is 25.2.